The van der Waals surface area contributed by atoms with Gasteiger partial charge in [-0.1, -0.05) is 0 Å². The van der Waals surface area contributed by atoms with Gasteiger partial charge >= 0.3 is 13.3 Å². The number of nitro groups is 1. The molecule has 2 aromatic rings. The molecule has 0 aliphatic heterocycles. The van der Waals surface area contributed by atoms with E-state index in [4.69, 9.17) is 24.5 Å². The van der Waals surface area contributed by atoms with Crippen molar-refractivity contribution in [1.29, 1.82) is 5.26 Å². The number of nitriles is 1. The van der Waals surface area contributed by atoms with Gasteiger partial charge in [-0.05, 0) is 36.4 Å². The van der Waals surface area contributed by atoms with Crippen molar-refractivity contribution in [1.82, 2.24) is 0 Å². The fraction of sp³-hybridized carbons (Fsp3) is 0.0714. The first-order valence-corrected chi connectivity index (χ1v) is 8.22. The molecule has 0 fully saturated rings. The van der Waals surface area contributed by atoms with E-state index in [9.17, 15) is 14.7 Å². The number of nitro benzene ring substituents is 1. The minimum absolute atomic E-state index is 0.0720. The molecule has 124 valence electrons. The Balaban J connectivity index is 2.24. The zero-order valence-electron chi connectivity index (χ0n) is 12.0. The molecule has 2 N–H and O–H groups in total. The predicted octanol–water partition coefficient (Wildman–Crippen LogP) is 2.77. The van der Waals surface area contributed by atoms with Crippen LogP contribution in [-0.4, -0.2) is 21.1 Å². The zero-order valence-corrected chi connectivity index (χ0v) is 12.9. The summed E-state index contributed by atoms with van der Waals surface area (Å²) in [6.45, 7) is 0. The molecule has 0 aromatic heterocycles. The molecule has 0 bridgehead atoms. The zero-order chi connectivity index (χ0) is 17.7. The van der Waals surface area contributed by atoms with Gasteiger partial charge in [0.15, 0.2) is 6.35 Å². The maximum Gasteiger partial charge on any atom is 0.362 e. The lowest BCUT2D eigenvalue weighted by molar-refractivity contribution is -0.385. The monoisotopic (exact) mass is 350 g/mol. The van der Waals surface area contributed by atoms with Crippen LogP contribution in [0.1, 0.15) is 5.56 Å². The number of rotatable bonds is 6. The van der Waals surface area contributed by atoms with Crippen LogP contribution in [0.2, 0.25) is 0 Å². The molecule has 0 saturated heterocycles. The second-order valence-electron chi connectivity index (χ2n) is 4.56. The van der Waals surface area contributed by atoms with Crippen molar-refractivity contribution in [2.75, 3.05) is 6.35 Å². The van der Waals surface area contributed by atoms with Crippen molar-refractivity contribution >= 4 is 13.3 Å². The molecule has 0 heterocycles. The second kappa shape index (κ2) is 7.10. The number of hydrogen-bond acceptors (Lipinski definition) is 6. The van der Waals surface area contributed by atoms with E-state index in [0.29, 0.717) is 11.3 Å². The SMILES string of the molecule is N#Cc1ccc(Oc2ccc(OCP(=O)(O)O)cc2[N+](=O)[O-])cc1. The fourth-order valence-corrected chi connectivity index (χ4v) is 2.02. The molecular weight excluding hydrogens is 339 g/mol. The molecule has 0 saturated carbocycles. The van der Waals surface area contributed by atoms with E-state index in [1.165, 1.54) is 36.4 Å². The van der Waals surface area contributed by atoms with Gasteiger partial charge in [-0.2, -0.15) is 5.26 Å². The van der Waals surface area contributed by atoms with Gasteiger partial charge in [-0.3, -0.25) is 14.7 Å². The number of nitrogens with zero attached hydrogens (tertiary/aromatic N) is 2. The standard InChI is InChI=1S/C14H11N2O7P/c15-8-10-1-3-11(4-2-10)23-14-6-5-12(7-13(14)16(17)18)22-9-24(19,20)21/h1-7H,9H2,(H2,19,20,21). The summed E-state index contributed by atoms with van der Waals surface area (Å²) in [6.07, 6.45) is -0.889. The Morgan fingerprint density at radius 3 is 2.33 bits per heavy atom. The molecule has 10 heteroatoms. The Hall–Kier alpha value is -2.92. The highest BCUT2D eigenvalue weighted by atomic mass is 31.2. The van der Waals surface area contributed by atoms with Gasteiger partial charge in [0.05, 0.1) is 22.6 Å². The van der Waals surface area contributed by atoms with Gasteiger partial charge in [-0.25, -0.2) is 0 Å². The van der Waals surface area contributed by atoms with E-state index < -0.39 is 24.6 Å². The fourth-order valence-electron chi connectivity index (χ4n) is 1.70. The highest BCUT2D eigenvalue weighted by Crippen LogP contribution is 2.38. The summed E-state index contributed by atoms with van der Waals surface area (Å²) in [7, 11) is -4.39. The van der Waals surface area contributed by atoms with E-state index in [0.717, 1.165) is 6.07 Å². The molecule has 0 unspecified atom stereocenters. The molecule has 2 aromatic carbocycles. The van der Waals surface area contributed by atoms with Crippen molar-refractivity contribution in [3.8, 4) is 23.3 Å². The average molecular weight is 350 g/mol. The van der Waals surface area contributed by atoms with Crippen molar-refractivity contribution in [2.45, 2.75) is 0 Å². The minimum Gasteiger partial charge on any atom is -0.481 e. The van der Waals surface area contributed by atoms with Crippen LogP contribution in [-0.2, 0) is 4.57 Å². The van der Waals surface area contributed by atoms with E-state index in [-0.39, 0.29) is 11.5 Å². The molecule has 0 amide bonds. The molecule has 0 aliphatic rings. The van der Waals surface area contributed by atoms with Crippen molar-refractivity contribution in [2.24, 2.45) is 0 Å². The first kappa shape index (κ1) is 17.4. The molecule has 24 heavy (non-hydrogen) atoms. The molecule has 0 radical (unpaired) electrons. The first-order chi connectivity index (χ1) is 11.3. The van der Waals surface area contributed by atoms with E-state index in [1.807, 2.05) is 6.07 Å². The maximum absolute atomic E-state index is 11.1. The lowest BCUT2D eigenvalue weighted by Gasteiger charge is -2.10. The third-order valence-electron chi connectivity index (χ3n) is 2.74. The highest BCUT2D eigenvalue weighted by molar-refractivity contribution is 7.51. The van der Waals surface area contributed by atoms with Crippen LogP contribution in [0.5, 0.6) is 17.2 Å². The third-order valence-corrected chi connectivity index (χ3v) is 3.20. The molecule has 9 nitrogen and oxygen atoms in total. The van der Waals surface area contributed by atoms with Gasteiger partial charge in [0.25, 0.3) is 0 Å². The summed E-state index contributed by atoms with van der Waals surface area (Å²) in [5.41, 5.74) is -0.0133. The molecule has 0 aliphatic carbocycles. The molecule has 0 atom stereocenters. The number of ether oxygens (including phenoxy) is 2. The van der Waals surface area contributed by atoms with Crippen molar-refractivity contribution in [3.63, 3.8) is 0 Å². The maximum atomic E-state index is 11.1. The van der Waals surface area contributed by atoms with Gasteiger partial charge in [0.1, 0.15) is 11.5 Å². The number of benzene rings is 2. The molecular formula is C14H11N2O7P. The van der Waals surface area contributed by atoms with Crippen LogP contribution in [0.25, 0.3) is 0 Å². The summed E-state index contributed by atoms with van der Waals surface area (Å²) < 4.78 is 21.0. The largest absolute Gasteiger partial charge is 0.481 e. The topological polar surface area (TPSA) is 143 Å². The summed E-state index contributed by atoms with van der Waals surface area (Å²) in [5.74, 6) is 0.145. The Morgan fingerprint density at radius 2 is 1.79 bits per heavy atom. The Kier molecular flexibility index (Phi) is 5.16. The average Bonchev–Trinajstić information content (AvgIpc) is 2.53. The summed E-state index contributed by atoms with van der Waals surface area (Å²) >= 11 is 0. The van der Waals surface area contributed by atoms with E-state index in [1.54, 1.807) is 0 Å². The van der Waals surface area contributed by atoms with Gasteiger partial charge in [0.2, 0.25) is 5.75 Å². The Morgan fingerprint density at radius 1 is 1.17 bits per heavy atom. The van der Waals surface area contributed by atoms with Crippen molar-refractivity contribution < 1.29 is 28.7 Å². The van der Waals surface area contributed by atoms with Gasteiger partial charge in [-0.15, -0.1) is 0 Å². The van der Waals surface area contributed by atoms with Gasteiger partial charge in [0, 0.05) is 0 Å². The van der Waals surface area contributed by atoms with Crippen LogP contribution in [0.4, 0.5) is 5.69 Å². The highest BCUT2D eigenvalue weighted by Gasteiger charge is 2.19. The minimum atomic E-state index is -4.39. The van der Waals surface area contributed by atoms with Crippen LogP contribution in [0.15, 0.2) is 42.5 Å². The summed E-state index contributed by atoms with van der Waals surface area (Å²) in [5, 5.41) is 19.9. The Bertz CT molecular complexity index is 839. The lowest BCUT2D eigenvalue weighted by Crippen LogP contribution is -1.99. The lowest BCUT2D eigenvalue weighted by atomic mass is 10.2. The Labute approximate surface area is 136 Å². The van der Waals surface area contributed by atoms with Crippen LogP contribution in [0, 0.1) is 21.4 Å². The van der Waals surface area contributed by atoms with Crippen LogP contribution < -0.4 is 9.47 Å². The quantitative estimate of drug-likeness (QED) is 0.460. The predicted molar refractivity (Wildman–Crippen MR) is 81.9 cm³/mol. The van der Waals surface area contributed by atoms with Crippen LogP contribution in [0.3, 0.4) is 0 Å². The normalized spacial score (nSPS) is 10.7. The smallest absolute Gasteiger partial charge is 0.362 e. The summed E-state index contributed by atoms with van der Waals surface area (Å²) in [6, 6.07) is 11.5. The van der Waals surface area contributed by atoms with E-state index >= 15 is 0 Å². The third kappa shape index (κ3) is 4.79. The van der Waals surface area contributed by atoms with Gasteiger partial charge < -0.3 is 19.3 Å². The second-order valence-corrected chi connectivity index (χ2v) is 6.15. The van der Waals surface area contributed by atoms with Crippen LogP contribution >= 0.6 is 7.60 Å². The first-order valence-electron chi connectivity index (χ1n) is 6.42. The molecule has 0 spiro atoms. The molecule has 2 rings (SSSR count). The van der Waals surface area contributed by atoms with E-state index in [2.05, 4.69) is 0 Å². The van der Waals surface area contributed by atoms with Crippen molar-refractivity contribution in [3.05, 3.63) is 58.1 Å². The number of hydrogen-bond donors (Lipinski definition) is 2. The summed E-state index contributed by atoms with van der Waals surface area (Å²) in [4.78, 5) is 27.9.